The largest absolute Gasteiger partial charge is 0.481 e. The summed E-state index contributed by atoms with van der Waals surface area (Å²) in [5, 5.41) is 18.5. The first-order valence-corrected chi connectivity index (χ1v) is 14.1. The lowest BCUT2D eigenvalue weighted by molar-refractivity contribution is -0.148. The number of aliphatic carboxylic acids is 2. The maximum Gasteiger partial charge on any atom is 0.309 e. The molecule has 6 nitrogen and oxygen atoms in total. The lowest BCUT2D eigenvalue weighted by Crippen LogP contribution is -2.29. The van der Waals surface area contributed by atoms with Gasteiger partial charge < -0.3 is 10.2 Å². The summed E-state index contributed by atoms with van der Waals surface area (Å²) in [5.74, 6) is -0.883. The van der Waals surface area contributed by atoms with Crippen LogP contribution in [0.3, 0.4) is 0 Å². The molecule has 6 heteroatoms. The van der Waals surface area contributed by atoms with Crippen LogP contribution in [-0.2, 0) is 19.2 Å². The first kappa shape index (κ1) is 30.2. The molecular formula is C30H48O6. The molecule has 2 saturated carbocycles. The van der Waals surface area contributed by atoms with Gasteiger partial charge in [0.25, 0.3) is 0 Å². The number of carbonyl (C=O) groups excluding carboxylic acids is 2. The average Bonchev–Trinajstić information content (AvgIpc) is 2.81. The lowest BCUT2D eigenvalue weighted by atomic mass is 9.75. The number of hydrogen-bond donors (Lipinski definition) is 2. The Balaban J connectivity index is 1.80. The molecule has 0 amide bonds. The van der Waals surface area contributed by atoms with E-state index in [1.807, 2.05) is 6.08 Å². The summed E-state index contributed by atoms with van der Waals surface area (Å²) in [7, 11) is 0. The van der Waals surface area contributed by atoms with Crippen molar-refractivity contribution in [1.29, 1.82) is 0 Å². The van der Waals surface area contributed by atoms with Crippen LogP contribution in [-0.4, -0.2) is 33.7 Å². The van der Waals surface area contributed by atoms with Gasteiger partial charge in [0.15, 0.2) is 5.78 Å². The maximum absolute atomic E-state index is 13.1. The molecule has 0 spiro atoms. The molecule has 0 bridgehead atoms. The van der Waals surface area contributed by atoms with Crippen LogP contribution in [0.15, 0.2) is 11.6 Å². The normalized spacial score (nSPS) is 24.8. The van der Waals surface area contributed by atoms with Gasteiger partial charge in [-0.05, 0) is 97.5 Å². The number of carboxylic acid groups (broad SMARTS) is 2. The summed E-state index contributed by atoms with van der Waals surface area (Å²) >= 11 is 0. The zero-order chi connectivity index (χ0) is 26.9. The summed E-state index contributed by atoms with van der Waals surface area (Å²) in [4.78, 5) is 48.7. The average molecular weight is 505 g/mol. The van der Waals surface area contributed by atoms with Crippen molar-refractivity contribution in [3.05, 3.63) is 11.6 Å². The summed E-state index contributed by atoms with van der Waals surface area (Å²) in [5.41, 5.74) is -0.547. The predicted molar refractivity (Wildman–Crippen MR) is 141 cm³/mol. The molecule has 2 fully saturated rings. The number of unbranched alkanes of at least 4 members (excludes halogenated alkanes) is 2. The van der Waals surface area contributed by atoms with Crippen molar-refractivity contribution in [1.82, 2.24) is 0 Å². The second-order valence-corrected chi connectivity index (χ2v) is 12.5. The number of rotatable bonds is 14. The smallest absolute Gasteiger partial charge is 0.309 e. The molecule has 204 valence electrons. The van der Waals surface area contributed by atoms with Gasteiger partial charge in [-0.1, -0.05) is 38.2 Å². The highest BCUT2D eigenvalue weighted by atomic mass is 16.4. The molecule has 0 saturated heterocycles. The van der Waals surface area contributed by atoms with Gasteiger partial charge in [-0.15, -0.1) is 0 Å². The number of ketones is 2. The van der Waals surface area contributed by atoms with E-state index in [0.29, 0.717) is 25.0 Å². The second kappa shape index (κ2) is 13.5. The van der Waals surface area contributed by atoms with Crippen molar-refractivity contribution in [3.63, 3.8) is 0 Å². The molecule has 2 rings (SSSR count). The molecular weight excluding hydrogens is 456 g/mol. The van der Waals surface area contributed by atoms with Gasteiger partial charge in [0, 0.05) is 17.8 Å². The van der Waals surface area contributed by atoms with Crippen LogP contribution in [0.5, 0.6) is 0 Å². The Labute approximate surface area is 217 Å². The third kappa shape index (κ3) is 8.85. The molecule has 2 aliphatic carbocycles. The standard InChI is InChI=1S/C30H48O6/c1-29(2,27(33)34)19-7-5-11-21-13-9-15-23(25(21)31)17-18-24-16-10-14-22(26(24)32)12-6-8-20-30(3,4)28(35)36/h17,21-22,24H,5-16,18-20H2,1-4H3,(H,33,34)(H,35,36). The van der Waals surface area contributed by atoms with E-state index in [1.54, 1.807) is 27.7 Å². The minimum atomic E-state index is -0.775. The number of allylic oxidation sites excluding steroid dienone is 2. The van der Waals surface area contributed by atoms with E-state index in [1.165, 1.54) is 0 Å². The van der Waals surface area contributed by atoms with E-state index in [4.69, 9.17) is 0 Å². The van der Waals surface area contributed by atoms with Gasteiger partial charge >= 0.3 is 11.9 Å². The molecule has 0 aliphatic heterocycles. The topological polar surface area (TPSA) is 109 Å². The van der Waals surface area contributed by atoms with E-state index < -0.39 is 22.8 Å². The lowest BCUT2D eigenvalue weighted by Gasteiger charge is -2.28. The van der Waals surface area contributed by atoms with Gasteiger partial charge in [0.05, 0.1) is 10.8 Å². The maximum atomic E-state index is 13.1. The molecule has 0 aromatic rings. The summed E-state index contributed by atoms with van der Waals surface area (Å²) < 4.78 is 0. The molecule has 0 aromatic heterocycles. The van der Waals surface area contributed by atoms with Crippen LogP contribution in [0, 0.1) is 28.6 Å². The Morgan fingerprint density at radius 3 is 1.83 bits per heavy atom. The van der Waals surface area contributed by atoms with E-state index in [0.717, 1.165) is 82.6 Å². The fourth-order valence-electron chi connectivity index (χ4n) is 5.70. The highest BCUT2D eigenvalue weighted by Crippen LogP contribution is 2.35. The minimum Gasteiger partial charge on any atom is -0.481 e. The molecule has 0 aromatic carbocycles. The fraction of sp³-hybridized carbons (Fsp3) is 0.800. The first-order valence-electron chi connectivity index (χ1n) is 14.1. The quantitative estimate of drug-likeness (QED) is 0.195. The van der Waals surface area contributed by atoms with Crippen LogP contribution in [0.4, 0.5) is 0 Å². The van der Waals surface area contributed by atoms with Crippen LogP contribution in [0.1, 0.15) is 124 Å². The molecule has 2 aliphatic rings. The van der Waals surface area contributed by atoms with E-state index in [-0.39, 0.29) is 23.5 Å². The van der Waals surface area contributed by atoms with Crippen LogP contribution in [0.2, 0.25) is 0 Å². The van der Waals surface area contributed by atoms with Crippen molar-refractivity contribution >= 4 is 23.5 Å². The van der Waals surface area contributed by atoms with Crippen LogP contribution in [0.25, 0.3) is 0 Å². The van der Waals surface area contributed by atoms with E-state index >= 15 is 0 Å². The van der Waals surface area contributed by atoms with Gasteiger partial charge in [0.2, 0.25) is 0 Å². The Morgan fingerprint density at radius 1 is 0.778 bits per heavy atom. The fourth-order valence-corrected chi connectivity index (χ4v) is 5.70. The number of carboxylic acids is 2. The van der Waals surface area contributed by atoms with Crippen molar-refractivity contribution in [3.8, 4) is 0 Å². The number of hydrogen-bond acceptors (Lipinski definition) is 4. The molecule has 0 radical (unpaired) electrons. The van der Waals surface area contributed by atoms with Gasteiger partial charge in [0.1, 0.15) is 5.78 Å². The first-order chi connectivity index (χ1) is 16.8. The van der Waals surface area contributed by atoms with Gasteiger partial charge in [-0.3, -0.25) is 19.2 Å². The minimum absolute atomic E-state index is 0.00172. The molecule has 36 heavy (non-hydrogen) atoms. The van der Waals surface area contributed by atoms with Crippen LogP contribution < -0.4 is 0 Å². The van der Waals surface area contributed by atoms with Crippen molar-refractivity contribution in [2.45, 2.75) is 124 Å². The second-order valence-electron chi connectivity index (χ2n) is 12.5. The molecule has 0 heterocycles. The Morgan fingerprint density at radius 2 is 1.28 bits per heavy atom. The van der Waals surface area contributed by atoms with Crippen molar-refractivity contribution in [2.24, 2.45) is 28.6 Å². The SMILES string of the molecule is CC(C)(CCCCC1CCCC(=CCC2CCCC(CCCCC(C)(C)C(=O)O)C2=O)C1=O)C(=O)O. The Kier molecular flexibility index (Phi) is 11.4. The summed E-state index contributed by atoms with van der Waals surface area (Å²) in [6, 6.07) is 0. The van der Waals surface area contributed by atoms with Gasteiger partial charge in [-0.2, -0.15) is 0 Å². The molecule has 3 atom stereocenters. The zero-order valence-electron chi connectivity index (χ0n) is 22.9. The third-order valence-corrected chi connectivity index (χ3v) is 8.61. The molecule has 2 N–H and O–H groups in total. The monoisotopic (exact) mass is 504 g/mol. The Bertz CT molecular complexity index is 821. The predicted octanol–water partition coefficient (Wildman–Crippen LogP) is 7.00. The van der Waals surface area contributed by atoms with Crippen molar-refractivity contribution in [2.75, 3.05) is 0 Å². The third-order valence-electron chi connectivity index (χ3n) is 8.61. The summed E-state index contributed by atoms with van der Waals surface area (Å²) in [6.07, 6.45) is 14.5. The van der Waals surface area contributed by atoms with E-state index in [2.05, 4.69) is 0 Å². The molecule has 3 unspecified atom stereocenters. The van der Waals surface area contributed by atoms with E-state index in [9.17, 15) is 29.4 Å². The number of Topliss-reactive ketones (excluding diaryl/α,β-unsaturated/α-hetero) is 2. The number of carbonyl (C=O) groups is 4. The summed E-state index contributed by atoms with van der Waals surface area (Å²) in [6.45, 7) is 7.00. The highest BCUT2D eigenvalue weighted by Gasteiger charge is 2.32. The van der Waals surface area contributed by atoms with Crippen LogP contribution >= 0.6 is 0 Å². The zero-order valence-corrected chi connectivity index (χ0v) is 22.9. The highest BCUT2D eigenvalue weighted by molar-refractivity contribution is 5.98. The Hall–Kier alpha value is -1.98. The van der Waals surface area contributed by atoms with Gasteiger partial charge in [-0.25, -0.2) is 0 Å². The van der Waals surface area contributed by atoms with Crippen molar-refractivity contribution < 1.29 is 29.4 Å².